The van der Waals surface area contributed by atoms with Gasteiger partial charge in [-0.25, -0.2) is 0 Å². The van der Waals surface area contributed by atoms with E-state index in [4.69, 9.17) is 16.3 Å². The molecule has 5 rings (SSSR count). The first-order valence-electron chi connectivity index (χ1n) is 12.1. The normalized spacial score (nSPS) is 16.9. The number of halogens is 1. The molecule has 35 heavy (non-hydrogen) atoms. The number of aromatic nitrogens is 2. The molecule has 0 bridgehead atoms. The van der Waals surface area contributed by atoms with Crippen molar-refractivity contribution < 1.29 is 9.53 Å². The number of hydrogen-bond donors (Lipinski definition) is 0. The largest absolute Gasteiger partial charge is 0.497 e. The van der Waals surface area contributed by atoms with Crippen molar-refractivity contribution in [1.29, 1.82) is 0 Å². The fraction of sp³-hybridized carbons (Fsp3) is 0.370. The lowest BCUT2D eigenvalue weighted by Gasteiger charge is -2.39. The molecule has 0 radical (unpaired) electrons. The quantitative estimate of drug-likeness (QED) is 0.528. The average molecular weight is 492 g/mol. The highest BCUT2D eigenvalue weighted by molar-refractivity contribution is 6.33. The molecule has 2 fully saturated rings. The molecule has 0 spiro atoms. The van der Waals surface area contributed by atoms with Crippen LogP contribution in [0.1, 0.15) is 12.8 Å². The van der Waals surface area contributed by atoms with E-state index in [1.54, 1.807) is 7.11 Å². The van der Waals surface area contributed by atoms with Crippen LogP contribution < -0.4 is 14.5 Å². The molecule has 7 nitrogen and oxygen atoms in total. The third-order valence-electron chi connectivity index (χ3n) is 6.99. The smallest absolute Gasteiger partial charge is 0.225 e. The van der Waals surface area contributed by atoms with E-state index in [1.807, 2.05) is 65.6 Å². The molecule has 1 aromatic heterocycles. The number of hydrogen-bond acceptors (Lipinski definition) is 6. The van der Waals surface area contributed by atoms with Crippen molar-refractivity contribution in [3.8, 4) is 17.0 Å². The van der Waals surface area contributed by atoms with Crippen LogP contribution in [0.2, 0.25) is 5.02 Å². The van der Waals surface area contributed by atoms with Crippen molar-refractivity contribution in [2.75, 3.05) is 56.2 Å². The molecule has 0 saturated carbocycles. The zero-order valence-electron chi connectivity index (χ0n) is 19.9. The lowest BCUT2D eigenvalue weighted by Crippen LogP contribution is -2.51. The number of carbonyl (C=O) groups excluding carboxylic acids is 1. The monoisotopic (exact) mass is 491 g/mol. The summed E-state index contributed by atoms with van der Waals surface area (Å²) in [5.41, 5.74) is 2.88. The van der Waals surface area contributed by atoms with Crippen molar-refractivity contribution in [3.63, 3.8) is 0 Å². The number of para-hydroxylation sites is 1. The average Bonchev–Trinajstić information content (AvgIpc) is 2.93. The van der Waals surface area contributed by atoms with Gasteiger partial charge in [-0.1, -0.05) is 23.7 Å². The Bertz CT molecular complexity index is 1140. The Morgan fingerprint density at radius 3 is 2.20 bits per heavy atom. The Morgan fingerprint density at radius 1 is 0.857 bits per heavy atom. The van der Waals surface area contributed by atoms with E-state index < -0.39 is 0 Å². The van der Waals surface area contributed by atoms with Crippen molar-refractivity contribution in [3.05, 3.63) is 65.7 Å². The minimum Gasteiger partial charge on any atom is -0.497 e. The standard InChI is InChI=1S/C27H30ClN5O2/c1-35-22-8-6-20(7-9-22)24-10-11-26(30-29-24)32-14-12-21(13-15-32)27(34)33-18-16-31(17-19-33)25-5-3-2-4-23(25)28/h2-11,21H,12-19H2,1H3. The SMILES string of the molecule is COc1ccc(-c2ccc(N3CCC(C(=O)N4CCN(c5ccccc5Cl)CC4)CC3)nn2)cc1. The summed E-state index contributed by atoms with van der Waals surface area (Å²) < 4.78 is 5.22. The highest BCUT2D eigenvalue weighted by Crippen LogP contribution is 2.28. The minimum atomic E-state index is 0.0737. The van der Waals surface area contributed by atoms with Crippen LogP contribution in [0.4, 0.5) is 11.5 Å². The number of ether oxygens (including phenoxy) is 1. The summed E-state index contributed by atoms with van der Waals surface area (Å²) >= 11 is 6.35. The number of piperazine rings is 1. The number of nitrogens with zero attached hydrogens (tertiary/aromatic N) is 5. The Kier molecular flexibility index (Phi) is 7.04. The molecule has 2 saturated heterocycles. The predicted octanol–water partition coefficient (Wildman–Crippen LogP) is 4.37. The van der Waals surface area contributed by atoms with Crippen LogP contribution in [-0.4, -0.2) is 67.4 Å². The number of piperidine rings is 1. The van der Waals surface area contributed by atoms with E-state index >= 15 is 0 Å². The molecule has 8 heteroatoms. The highest BCUT2D eigenvalue weighted by Gasteiger charge is 2.31. The number of methoxy groups -OCH3 is 1. The van der Waals surface area contributed by atoms with Crippen LogP contribution in [0.5, 0.6) is 5.75 Å². The minimum absolute atomic E-state index is 0.0737. The van der Waals surface area contributed by atoms with Crippen LogP contribution in [0.3, 0.4) is 0 Å². The first-order valence-corrected chi connectivity index (χ1v) is 12.5. The summed E-state index contributed by atoms with van der Waals surface area (Å²) in [6.07, 6.45) is 1.68. The third-order valence-corrected chi connectivity index (χ3v) is 7.31. The van der Waals surface area contributed by atoms with Gasteiger partial charge in [0.25, 0.3) is 0 Å². The van der Waals surface area contributed by atoms with Crippen LogP contribution in [0.25, 0.3) is 11.3 Å². The van der Waals surface area contributed by atoms with Gasteiger partial charge in [-0.2, -0.15) is 0 Å². The molecule has 182 valence electrons. The second-order valence-corrected chi connectivity index (χ2v) is 9.44. The van der Waals surface area contributed by atoms with Gasteiger partial charge in [-0.05, 0) is 61.4 Å². The lowest BCUT2D eigenvalue weighted by atomic mass is 9.95. The zero-order chi connectivity index (χ0) is 24.2. The maximum absolute atomic E-state index is 13.2. The summed E-state index contributed by atoms with van der Waals surface area (Å²) in [4.78, 5) is 19.7. The van der Waals surface area contributed by atoms with Gasteiger partial charge in [-0.15, -0.1) is 10.2 Å². The molecule has 2 aliphatic rings. The predicted molar refractivity (Wildman–Crippen MR) is 139 cm³/mol. The van der Waals surface area contributed by atoms with Gasteiger partial charge >= 0.3 is 0 Å². The number of amides is 1. The van der Waals surface area contributed by atoms with Crippen molar-refractivity contribution in [2.45, 2.75) is 12.8 Å². The maximum Gasteiger partial charge on any atom is 0.225 e. The number of rotatable bonds is 5. The Hall–Kier alpha value is -3.32. The van der Waals surface area contributed by atoms with Crippen LogP contribution >= 0.6 is 11.6 Å². The molecule has 3 aromatic rings. The summed E-state index contributed by atoms with van der Waals surface area (Å²) in [6.45, 7) is 4.72. The van der Waals surface area contributed by atoms with Gasteiger partial charge in [0.05, 0.1) is 23.5 Å². The molecule has 1 amide bonds. The first kappa shape index (κ1) is 23.4. The molecule has 0 N–H and O–H groups in total. The number of anilines is 2. The second-order valence-electron chi connectivity index (χ2n) is 9.03. The van der Waals surface area contributed by atoms with Gasteiger partial charge in [0.2, 0.25) is 5.91 Å². The molecule has 2 aromatic carbocycles. The van der Waals surface area contributed by atoms with Gasteiger partial charge in [-0.3, -0.25) is 4.79 Å². The van der Waals surface area contributed by atoms with Crippen molar-refractivity contribution in [1.82, 2.24) is 15.1 Å². The van der Waals surface area contributed by atoms with Gasteiger partial charge in [0, 0.05) is 50.7 Å². The number of carbonyl (C=O) groups is 1. The van der Waals surface area contributed by atoms with Crippen molar-refractivity contribution >= 4 is 29.0 Å². The molecular formula is C27H30ClN5O2. The molecule has 0 aliphatic carbocycles. The second kappa shape index (κ2) is 10.5. The van der Waals surface area contributed by atoms with E-state index in [1.165, 1.54) is 0 Å². The summed E-state index contributed by atoms with van der Waals surface area (Å²) in [5, 5.41) is 9.65. The van der Waals surface area contributed by atoms with Crippen LogP contribution in [-0.2, 0) is 4.79 Å². The van der Waals surface area contributed by atoms with E-state index in [9.17, 15) is 4.79 Å². The summed E-state index contributed by atoms with van der Waals surface area (Å²) in [5.74, 6) is 2.04. The van der Waals surface area contributed by atoms with Gasteiger partial charge in [0.1, 0.15) is 5.75 Å². The van der Waals surface area contributed by atoms with Crippen molar-refractivity contribution in [2.24, 2.45) is 5.92 Å². The van der Waals surface area contributed by atoms with Gasteiger partial charge < -0.3 is 19.4 Å². The van der Waals surface area contributed by atoms with E-state index in [0.29, 0.717) is 0 Å². The Morgan fingerprint density at radius 2 is 1.57 bits per heavy atom. The van der Waals surface area contributed by atoms with E-state index in [0.717, 1.165) is 85.6 Å². The van der Waals surface area contributed by atoms with Crippen LogP contribution in [0.15, 0.2) is 60.7 Å². The lowest BCUT2D eigenvalue weighted by molar-refractivity contribution is -0.136. The number of benzene rings is 2. The van der Waals surface area contributed by atoms with Crippen LogP contribution in [0, 0.1) is 5.92 Å². The fourth-order valence-electron chi connectivity index (χ4n) is 4.90. The highest BCUT2D eigenvalue weighted by atomic mass is 35.5. The molecular weight excluding hydrogens is 462 g/mol. The summed E-state index contributed by atoms with van der Waals surface area (Å²) in [7, 11) is 1.66. The maximum atomic E-state index is 13.2. The molecule has 0 atom stereocenters. The van der Waals surface area contributed by atoms with E-state index in [2.05, 4.69) is 20.0 Å². The Balaban J connectivity index is 1.12. The fourth-order valence-corrected chi connectivity index (χ4v) is 5.15. The van der Waals surface area contributed by atoms with Gasteiger partial charge in [0.15, 0.2) is 5.82 Å². The molecule has 2 aliphatic heterocycles. The third kappa shape index (κ3) is 5.20. The molecule has 3 heterocycles. The molecule has 0 unspecified atom stereocenters. The zero-order valence-corrected chi connectivity index (χ0v) is 20.7. The summed E-state index contributed by atoms with van der Waals surface area (Å²) in [6, 6.07) is 19.7. The van der Waals surface area contributed by atoms with E-state index in [-0.39, 0.29) is 11.8 Å². The first-order chi connectivity index (χ1) is 17.1. The topological polar surface area (TPSA) is 61.8 Å². The Labute approximate surface area is 211 Å².